The van der Waals surface area contributed by atoms with Gasteiger partial charge in [0.2, 0.25) is 0 Å². The molecule has 0 fully saturated rings. The lowest BCUT2D eigenvalue weighted by Crippen LogP contribution is -2.15. The summed E-state index contributed by atoms with van der Waals surface area (Å²) in [6.45, 7) is 2.35. The van der Waals surface area contributed by atoms with Gasteiger partial charge in [0.1, 0.15) is 0 Å². The van der Waals surface area contributed by atoms with Crippen molar-refractivity contribution in [3.05, 3.63) is 65.2 Å². The minimum absolute atomic E-state index is 0.123. The molecule has 0 bridgehead atoms. The molecule has 0 atom stereocenters. The summed E-state index contributed by atoms with van der Waals surface area (Å²) >= 11 is 0. The van der Waals surface area contributed by atoms with Crippen LogP contribution >= 0.6 is 0 Å². The van der Waals surface area contributed by atoms with Gasteiger partial charge in [-0.3, -0.25) is 4.79 Å². The topological polar surface area (TPSA) is 55.1 Å². The highest BCUT2D eigenvalue weighted by Gasteiger charge is 2.09. The summed E-state index contributed by atoms with van der Waals surface area (Å²) in [5.41, 5.74) is 9.01. The lowest BCUT2D eigenvalue weighted by atomic mass is 10.1. The van der Waals surface area contributed by atoms with Gasteiger partial charge in [-0.05, 0) is 36.2 Å². The first-order valence-electron chi connectivity index (χ1n) is 5.86. The molecule has 0 aliphatic rings. The summed E-state index contributed by atoms with van der Waals surface area (Å²) in [6.07, 6.45) is 0. The number of anilines is 1. The number of carbonyl (C=O) groups excluding carboxylic acids is 1. The third-order valence-corrected chi connectivity index (χ3v) is 2.76. The van der Waals surface area contributed by atoms with Gasteiger partial charge in [-0.25, -0.2) is 0 Å². The molecule has 2 rings (SSSR count). The largest absolute Gasteiger partial charge is 0.326 e. The molecule has 0 aliphatic carbocycles. The highest BCUT2D eigenvalue weighted by molar-refractivity contribution is 6.05. The Balaban J connectivity index is 2.22. The van der Waals surface area contributed by atoms with Crippen LogP contribution < -0.4 is 11.1 Å². The van der Waals surface area contributed by atoms with Crippen LogP contribution in [-0.4, -0.2) is 5.91 Å². The molecule has 0 saturated heterocycles. The Bertz CT molecular complexity index is 564. The zero-order valence-electron chi connectivity index (χ0n) is 10.3. The van der Waals surface area contributed by atoms with Crippen molar-refractivity contribution < 1.29 is 4.79 Å². The van der Waals surface area contributed by atoms with E-state index in [9.17, 15) is 4.79 Å². The SMILES string of the molecule is Cc1cccc(NC(=O)c2ccccc2CN)c1. The number of carbonyl (C=O) groups is 1. The van der Waals surface area contributed by atoms with Crippen molar-refractivity contribution in [2.45, 2.75) is 13.5 Å². The van der Waals surface area contributed by atoms with E-state index in [2.05, 4.69) is 5.32 Å². The standard InChI is InChI=1S/C15H16N2O/c1-11-5-4-7-13(9-11)17-15(18)14-8-3-2-6-12(14)10-16/h2-9H,10,16H2,1H3,(H,17,18). The molecule has 0 unspecified atom stereocenters. The van der Waals surface area contributed by atoms with E-state index in [1.807, 2.05) is 49.4 Å². The fraction of sp³-hybridized carbons (Fsp3) is 0.133. The van der Waals surface area contributed by atoms with E-state index in [-0.39, 0.29) is 5.91 Å². The van der Waals surface area contributed by atoms with Crippen LogP contribution in [-0.2, 0) is 6.54 Å². The quantitative estimate of drug-likeness (QED) is 0.866. The Hall–Kier alpha value is -2.13. The highest BCUT2D eigenvalue weighted by atomic mass is 16.1. The number of hydrogen-bond donors (Lipinski definition) is 2. The number of nitrogens with one attached hydrogen (secondary N) is 1. The van der Waals surface area contributed by atoms with Crippen molar-refractivity contribution in [2.24, 2.45) is 5.73 Å². The van der Waals surface area contributed by atoms with Gasteiger partial charge in [0, 0.05) is 17.8 Å². The molecular formula is C15H16N2O. The minimum atomic E-state index is -0.123. The van der Waals surface area contributed by atoms with Crippen molar-refractivity contribution in [3.63, 3.8) is 0 Å². The maximum Gasteiger partial charge on any atom is 0.255 e. The third kappa shape index (κ3) is 2.76. The van der Waals surface area contributed by atoms with Crippen molar-refractivity contribution >= 4 is 11.6 Å². The fourth-order valence-electron chi connectivity index (χ4n) is 1.84. The second kappa shape index (κ2) is 5.47. The second-order valence-corrected chi connectivity index (χ2v) is 4.18. The van der Waals surface area contributed by atoms with Gasteiger partial charge < -0.3 is 11.1 Å². The molecule has 3 heteroatoms. The van der Waals surface area contributed by atoms with Crippen molar-refractivity contribution in [1.29, 1.82) is 0 Å². The molecule has 18 heavy (non-hydrogen) atoms. The maximum atomic E-state index is 12.1. The molecule has 0 saturated carbocycles. The molecule has 0 aliphatic heterocycles. The van der Waals surface area contributed by atoms with E-state index < -0.39 is 0 Å². The zero-order valence-corrected chi connectivity index (χ0v) is 10.3. The van der Waals surface area contributed by atoms with Crippen LogP contribution in [0.4, 0.5) is 5.69 Å². The highest BCUT2D eigenvalue weighted by Crippen LogP contribution is 2.13. The predicted octanol–water partition coefficient (Wildman–Crippen LogP) is 2.71. The first kappa shape index (κ1) is 12.3. The fourth-order valence-corrected chi connectivity index (χ4v) is 1.84. The maximum absolute atomic E-state index is 12.1. The van der Waals surface area contributed by atoms with Gasteiger partial charge in [0.15, 0.2) is 0 Å². The van der Waals surface area contributed by atoms with Crippen molar-refractivity contribution in [1.82, 2.24) is 0 Å². The summed E-state index contributed by atoms with van der Waals surface area (Å²) in [4.78, 5) is 12.1. The second-order valence-electron chi connectivity index (χ2n) is 4.18. The molecular weight excluding hydrogens is 224 g/mol. The lowest BCUT2D eigenvalue weighted by Gasteiger charge is -2.09. The summed E-state index contributed by atoms with van der Waals surface area (Å²) in [6, 6.07) is 15.1. The van der Waals surface area contributed by atoms with Gasteiger partial charge in [-0.15, -0.1) is 0 Å². The normalized spacial score (nSPS) is 10.1. The monoisotopic (exact) mass is 240 g/mol. The average Bonchev–Trinajstić information content (AvgIpc) is 2.38. The Kier molecular flexibility index (Phi) is 3.75. The van der Waals surface area contributed by atoms with Crippen LogP contribution in [0, 0.1) is 6.92 Å². The number of hydrogen-bond acceptors (Lipinski definition) is 2. The Labute approximate surface area is 107 Å². The first-order chi connectivity index (χ1) is 8.70. The predicted molar refractivity (Wildman–Crippen MR) is 73.5 cm³/mol. The van der Waals surface area contributed by atoms with E-state index in [0.29, 0.717) is 12.1 Å². The van der Waals surface area contributed by atoms with Crippen LogP contribution in [0.3, 0.4) is 0 Å². The number of nitrogens with two attached hydrogens (primary N) is 1. The van der Waals surface area contributed by atoms with Gasteiger partial charge >= 0.3 is 0 Å². The van der Waals surface area contributed by atoms with Crippen LogP contribution in [0.5, 0.6) is 0 Å². The van der Waals surface area contributed by atoms with Crippen LogP contribution in [0.1, 0.15) is 21.5 Å². The minimum Gasteiger partial charge on any atom is -0.326 e. The van der Waals surface area contributed by atoms with Crippen LogP contribution in [0.25, 0.3) is 0 Å². The molecule has 0 heterocycles. The molecule has 1 amide bonds. The molecule has 3 nitrogen and oxygen atoms in total. The zero-order chi connectivity index (χ0) is 13.0. The van der Waals surface area contributed by atoms with Gasteiger partial charge in [0.05, 0.1) is 0 Å². The van der Waals surface area contributed by atoms with E-state index in [1.54, 1.807) is 6.07 Å². The summed E-state index contributed by atoms with van der Waals surface area (Å²) in [7, 11) is 0. The van der Waals surface area contributed by atoms with Gasteiger partial charge in [0.25, 0.3) is 5.91 Å². The molecule has 0 radical (unpaired) electrons. The molecule has 3 N–H and O–H groups in total. The average molecular weight is 240 g/mol. The van der Waals surface area contributed by atoms with Crippen molar-refractivity contribution in [3.8, 4) is 0 Å². The Morgan fingerprint density at radius 2 is 1.94 bits per heavy atom. The molecule has 92 valence electrons. The lowest BCUT2D eigenvalue weighted by molar-refractivity contribution is 0.102. The third-order valence-electron chi connectivity index (χ3n) is 2.76. The summed E-state index contributed by atoms with van der Waals surface area (Å²) in [5, 5.41) is 2.88. The van der Waals surface area contributed by atoms with Gasteiger partial charge in [-0.2, -0.15) is 0 Å². The van der Waals surface area contributed by atoms with Crippen LogP contribution in [0.15, 0.2) is 48.5 Å². The smallest absolute Gasteiger partial charge is 0.255 e. The molecule has 0 aromatic heterocycles. The van der Waals surface area contributed by atoms with E-state index in [4.69, 9.17) is 5.73 Å². The number of amides is 1. The Morgan fingerprint density at radius 3 is 2.67 bits per heavy atom. The van der Waals surface area contributed by atoms with Crippen molar-refractivity contribution in [2.75, 3.05) is 5.32 Å². The molecule has 0 spiro atoms. The number of benzene rings is 2. The Morgan fingerprint density at radius 1 is 1.17 bits per heavy atom. The van der Waals surface area contributed by atoms with E-state index >= 15 is 0 Å². The van der Waals surface area contributed by atoms with Crippen LogP contribution in [0.2, 0.25) is 0 Å². The molecule has 2 aromatic carbocycles. The summed E-state index contributed by atoms with van der Waals surface area (Å²) < 4.78 is 0. The van der Waals surface area contributed by atoms with Gasteiger partial charge in [-0.1, -0.05) is 30.3 Å². The molecule has 2 aromatic rings. The number of rotatable bonds is 3. The first-order valence-corrected chi connectivity index (χ1v) is 5.86. The summed E-state index contributed by atoms with van der Waals surface area (Å²) in [5.74, 6) is -0.123. The van der Waals surface area contributed by atoms with E-state index in [1.165, 1.54) is 0 Å². The van der Waals surface area contributed by atoms with E-state index in [0.717, 1.165) is 16.8 Å². The number of aryl methyl sites for hydroxylation is 1.